The molecule has 4 rings (SSSR count). The molecule has 0 radical (unpaired) electrons. The van der Waals surface area contributed by atoms with E-state index in [1.165, 1.54) is 15.6 Å². The van der Waals surface area contributed by atoms with Crippen LogP contribution in [0.2, 0.25) is 0 Å². The molecule has 1 fully saturated rings. The number of benzene rings is 2. The summed E-state index contributed by atoms with van der Waals surface area (Å²) < 4.78 is 41.0. The van der Waals surface area contributed by atoms with Gasteiger partial charge in [-0.05, 0) is 43.7 Å². The Morgan fingerprint density at radius 3 is 2.14 bits per heavy atom. The second-order valence-electron chi connectivity index (χ2n) is 9.01. The average Bonchev–Trinajstić information content (AvgIpc) is 3.25. The van der Waals surface area contributed by atoms with E-state index in [-0.39, 0.29) is 11.7 Å². The fourth-order valence-corrected chi connectivity index (χ4v) is 4.36. The predicted molar refractivity (Wildman–Crippen MR) is 130 cm³/mol. The fourth-order valence-electron chi connectivity index (χ4n) is 4.36. The van der Waals surface area contributed by atoms with E-state index in [2.05, 4.69) is 10.00 Å². The molecule has 1 unspecified atom stereocenters. The molecular formula is C25H29F3N6O2. The fraction of sp³-hybridized carbons (Fsp3) is 0.400. The molecule has 2 aromatic carbocycles. The first kappa shape index (κ1) is 25.5. The molecule has 192 valence electrons. The molecular weight excluding hydrogens is 473 g/mol. The standard InChI is InChI=1S/C25H29F3N6O2/c1-18(2)34-24(36)33(17-30-34)21-10-8-20(9-11-21)31-12-14-32(15-13-31)22(19-6-4-3-5-7-19)23(35)29-16-25(26,27)28/h3-11,17-18,22H,12-16H2,1-2H3,(H,29,35). The highest BCUT2D eigenvalue weighted by molar-refractivity contribution is 5.83. The summed E-state index contributed by atoms with van der Waals surface area (Å²) in [5.41, 5.74) is 2.12. The van der Waals surface area contributed by atoms with Gasteiger partial charge in [0.05, 0.1) is 11.7 Å². The Morgan fingerprint density at radius 1 is 0.972 bits per heavy atom. The molecule has 36 heavy (non-hydrogen) atoms. The number of carbonyl (C=O) groups is 1. The highest BCUT2D eigenvalue weighted by Gasteiger charge is 2.34. The number of aromatic nitrogens is 3. The number of alkyl halides is 3. The molecule has 1 N–H and O–H groups in total. The van der Waals surface area contributed by atoms with Crippen molar-refractivity contribution in [3.8, 4) is 5.69 Å². The lowest BCUT2D eigenvalue weighted by Gasteiger charge is -2.39. The summed E-state index contributed by atoms with van der Waals surface area (Å²) in [5, 5.41) is 6.19. The number of nitrogens with zero attached hydrogens (tertiary/aromatic N) is 5. The minimum Gasteiger partial charge on any atom is -0.369 e. The Kier molecular flexibility index (Phi) is 7.48. The van der Waals surface area contributed by atoms with Crippen LogP contribution in [-0.2, 0) is 4.79 Å². The topological polar surface area (TPSA) is 75.4 Å². The number of piperazine rings is 1. The van der Waals surface area contributed by atoms with Crippen LogP contribution in [0.1, 0.15) is 31.5 Å². The van der Waals surface area contributed by atoms with Crippen LogP contribution >= 0.6 is 0 Å². The molecule has 0 spiro atoms. The maximum atomic E-state index is 12.8. The van der Waals surface area contributed by atoms with Crippen molar-refractivity contribution in [2.45, 2.75) is 32.1 Å². The molecule has 1 aromatic heterocycles. The van der Waals surface area contributed by atoms with Gasteiger partial charge in [-0.3, -0.25) is 9.69 Å². The Bertz CT molecular complexity index is 1210. The number of hydrogen-bond donors (Lipinski definition) is 1. The summed E-state index contributed by atoms with van der Waals surface area (Å²) in [5.74, 6) is -0.663. The minimum absolute atomic E-state index is 0.0374. The first-order valence-corrected chi connectivity index (χ1v) is 11.8. The zero-order valence-corrected chi connectivity index (χ0v) is 20.2. The maximum Gasteiger partial charge on any atom is 0.405 e. The predicted octanol–water partition coefficient (Wildman–Crippen LogP) is 3.16. The van der Waals surface area contributed by atoms with Gasteiger partial charge in [0, 0.05) is 31.9 Å². The van der Waals surface area contributed by atoms with Crippen LogP contribution in [-0.4, -0.2) is 64.1 Å². The molecule has 0 saturated carbocycles. The zero-order valence-electron chi connectivity index (χ0n) is 20.2. The number of amides is 1. The van der Waals surface area contributed by atoms with Gasteiger partial charge in [0.1, 0.15) is 18.9 Å². The van der Waals surface area contributed by atoms with Gasteiger partial charge in [0.15, 0.2) is 0 Å². The summed E-state index contributed by atoms with van der Waals surface area (Å²) in [6.45, 7) is 4.62. The van der Waals surface area contributed by atoms with Gasteiger partial charge in [-0.1, -0.05) is 30.3 Å². The third-order valence-electron chi connectivity index (χ3n) is 6.18. The van der Waals surface area contributed by atoms with Crippen molar-refractivity contribution >= 4 is 11.6 Å². The highest BCUT2D eigenvalue weighted by Crippen LogP contribution is 2.26. The van der Waals surface area contributed by atoms with E-state index in [1.54, 1.807) is 30.3 Å². The number of hydrogen-bond acceptors (Lipinski definition) is 5. The van der Waals surface area contributed by atoms with E-state index in [0.29, 0.717) is 37.4 Å². The first-order chi connectivity index (χ1) is 17.1. The third kappa shape index (κ3) is 5.78. The Labute approximate surface area is 206 Å². The van der Waals surface area contributed by atoms with Crippen LogP contribution < -0.4 is 15.9 Å². The van der Waals surface area contributed by atoms with Crippen molar-refractivity contribution in [3.05, 3.63) is 77.0 Å². The first-order valence-electron chi connectivity index (χ1n) is 11.8. The van der Waals surface area contributed by atoms with Crippen molar-refractivity contribution < 1.29 is 18.0 Å². The number of halogens is 3. The second-order valence-corrected chi connectivity index (χ2v) is 9.01. The summed E-state index contributed by atoms with van der Waals surface area (Å²) in [6, 6.07) is 15.6. The molecule has 1 aliphatic heterocycles. The summed E-state index contributed by atoms with van der Waals surface area (Å²) in [4.78, 5) is 29.4. The van der Waals surface area contributed by atoms with E-state index in [0.717, 1.165) is 5.69 Å². The number of rotatable bonds is 7. The number of nitrogens with one attached hydrogen (secondary N) is 1. The van der Waals surface area contributed by atoms with Crippen molar-refractivity contribution in [2.75, 3.05) is 37.6 Å². The molecule has 2 heterocycles. The quantitative estimate of drug-likeness (QED) is 0.537. The second kappa shape index (κ2) is 10.6. The minimum atomic E-state index is -4.47. The van der Waals surface area contributed by atoms with E-state index < -0.39 is 24.7 Å². The van der Waals surface area contributed by atoms with Gasteiger partial charge in [-0.25, -0.2) is 14.0 Å². The Balaban J connectivity index is 1.44. The van der Waals surface area contributed by atoms with Crippen molar-refractivity contribution in [1.82, 2.24) is 24.6 Å². The maximum absolute atomic E-state index is 12.8. The molecule has 8 nitrogen and oxygen atoms in total. The van der Waals surface area contributed by atoms with E-state index in [4.69, 9.17) is 0 Å². The van der Waals surface area contributed by atoms with Crippen LogP contribution in [0.5, 0.6) is 0 Å². The van der Waals surface area contributed by atoms with Gasteiger partial charge >= 0.3 is 11.9 Å². The molecule has 11 heteroatoms. The van der Waals surface area contributed by atoms with Gasteiger partial charge in [0.25, 0.3) is 0 Å². The average molecular weight is 503 g/mol. The number of carbonyl (C=O) groups excluding carboxylic acids is 1. The van der Waals surface area contributed by atoms with Crippen LogP contribution in [0, 0.1) is 0 Å². The lowest BCUT2D eigenvalue weighted by Crippen LogP contribution is -2.51. The lowest BCUT2D eigenvalue weighted by atomic mass is 10.0. The molecule has 0 aliphatic carbocycles. The van der Waals surface area contributed by atoms with Crippen molar-refractivity contribution in [1.29, 1.82) is 0 Å². The molecule has 1 atom stereocenters. The molecule has 1 saturated heterocycles. The zero-order chi connectivity index (χ0) is 25.9. The third-order valence-corrected chi connectivity index (χ3v) is 6.18. The molecule has 1 amide bonds. The Morgan fingerprint density at radius 2 is 1.58 bits per heavy atom. The summed E-state index contributed by atoms with van der Waals surface area (Å²) in [6.07, 6.45) is -2.97. The largest absolute Gasteiger partial charge is 0.405 e. The van der Waals surface area contributed by atoms with Gasteiger partial charge in [-0.2, -0.15) is 18.3 Å². The Hall–Kier alpha value is -3.60. The number of anilines is 1. The van der Waals surface area contributed by atoms with Crippen molar-refractivity contribution in [3.63, 3.8) is 0 Å². The highest BCUT2D eigenvalue weighted by atomic mass is 19.4. The van der Waals surface area contributed by atoms with Gasteiger partial charge in [-0.15, -0.1) is 0 Å². The van der Waals surface area contributed by atoms with Gasteiger partial charge < -0.3 is 10.2 Å². The van der Waals surface area contributed by atoms with Gasteiger partial charge in [0.2, 0.25) is 5.91 Å². The SMILES string of the molecule is CC(C)n1ncn(-c2ccc(N3CCN(C(C(=O)NCC(F)(F)F)c4ccccc4)CC3)cc2)c1=O. The van der Waals surface area contributed by atoms with Crippen LogP contribution in [0.25, 0.3) is 5.69 Å². The summed E-state index contributed by atoms with van der Waals surface area (Å²) in [7, 11) is 0. The van der Waals surface area contributed by atoms with Crippen LogP contribution in [0.4, 0.5) is 18.9 Å². The van der Waals surface area contributed by atoms with Crippen LogP contribution in [0.3, 0.4) is 0 Å². The normalized spacial score (nSPS) is 15.8. The van der Waals surface area contributed by atoms with E-state index in [9.17, 15) is 22.8 Å². The van der Waals surface area contributed by atoms with E-state index >= 15 is 0 Å². The summed E-state index contributed by atoms with van der Waals surface area (Å²) >= 11 is 0. The van der Waals surface area contributed by atoms with Crippen molar-refractivity contribution in [2.24, 2.45) is 0 Å². The van der Waals surface area contributed by atoms with Crippen LogP contribution in [0.15, 0.2) is 65.7 Å². The van der Waals surface area contributed by atoms with E-state index in [1.807, 2.05) is 48.3 Å². The smallest absolute Gasteiger partial charge is 0.369 e. The lowest BCUT2D eigenvalue weighted by molar-refractivity contribution is -0.142. The molecule has 3 aromatic rings. The molecule has 0 bridgehead atoms. The molecule has 1 aliphatic rings. The monoisotopic (exact) mass is 502 g/mol.